The predicted octanol–water partition coefficient (Wildman–Crippen LogP) is 4.13. The summed E-state index contributed by atoms with van der Waals surface area (Å²) in [6, 6.07) is 16.2. The van der Waals surface area contributed by atoms with Crippen LogP contribution < -0.4 is 10.8 Å². The number of hydroxylamine groups is 1. The molecule has 1 aliphatic heterocycles. The van der Waals surface area contributed by atoms with Gasteiger partial charge < -0.3 is 20.4 Å². The highest BCUT2D eigenvalue weighted by atomic mass is 35.5. The van der Waals surface area contributed by atoms with Gasteiger partial charge in [0, 0.05) is 27.8 Å². The zero-order chi connectivity index (χ0) is 28.9. The average Bonchev–Trinajstić information content (AvgIpc) is 2.98. The Morgan fingerprint density at radius 1 is 1.07 bits per heavy atom. The Kier molecular flexibility index (Phi) is 9.54. The number of nitrogens with one attached hydrogen (secondary N) is 2. The first-order chi connectivity index (χ1) is 19.9. The molecule has 2 amide bonds. The summed E-state index contributed by atoms with van der Waals surface area (Å²) in [6.45, 7) is -0.537. The summed E-state index contributed by atoms with van der Waals surface area (Å²) in [5, 5.41) is 24.8. The number of fused-ring (bicyclic) bond motifs is 1. The maximum absolute atomic E-state index is 14.3. The van der Waals surface area contributed by atoms with Gasteiger partial charge in [0.05, 0.1) is 23.7 Å². The molecule has 3 aromatic rings. The topological polar surface area (TPSA) is 124 Å². The number of aromatic nitrogens is 1. The third-order valence-electron chi connectivity index (χ3n) is 7.77. The molecule has 41 heavy (non-hydrogen) atoms. The van der Waals surface area contributed by atoms with E-state index >= 15 is 0 Å². The number of carbonyl (C=O) groups is 2. The molecule has 0 spiro atoms. The third kappa shape index (κ3) is 6.40. The standard InChI is InChI=1S/C30H32Cl2N4O5/c31-18-12-13-22(23(32)15-18)28-27(29(39)35-41-17-19-7-5-6-14-33-19)20-8-1-2-9-21(20)30(40)36(28)25-11-4-3-10-24(25)34-26(38)16-37/h1-2,5-9,12-15,24-25,27-29,35,37,39H,3-4,10-11,16-17H2,(H,34,38)/t24-,25-,27+,28-,29?/m0/s1. The van der Waals surface area contributed by atoms with Gasteiger partial charge >= 0.3 is 0 Å². The molecule has 1 aromatic heterocycles. The molecule has 1 unspecified atom stereocenters. The first-order valence-corrected chi connectivity index (χ1v) is 14.4. The number of benzene rings is 2. The van der Waals surface area contributed by atoms with Crippen molar-refractivity contribution in [3.05, 3.63) is 99.3 Å². The molecule has 1 saturated carbocycles. The zero-order valence-corrected chi connectivity index (χ0v) is 23.8. The molecule has 1 fully saturated rings. The summed E-state index contributed by atoms with van der Waals surface area (Å²) >= 11 is 13.0. The number of halogens is 2. The second-order valence-corrected chi connectivity index (χ2v) is 11.1. The Hall–Kier alpha value is -3.05. The number of carbonyl (C=O) groups excluding carboxylic acids is 2. The Labute approximate surface area is 248 Å². The molecule has 0 bridgehead atoms. The second kappa shape index (κ2) is 13.3. The van der Waals surface area contributed by atoms with Crippen molar-refractivity contribution in [1.29, 1.82) is 0 Å². The van der Waals surface area contributed by atoms with Crippen molar-refractivity contribution in [2.75, 3.05) is 6.61 Å². The lowest BCUT2D eigenvalue weighted by atomic mass is 9.76. The summed E-state index contributed by atoms with van der Waals surface area (Å²) in [5.41, 5.74) is 5.13. The lowest BCUT2D eigenvalue weighted by Crippen LogP contribution is -2.60. The lowest BCUT2D eigenvalue weighted by molar-refractivity contribution is -0.125. The van der Waals surface area contributed by atoms with Crippen LogP contribution in [0.1, 0.15) is 64.8 Å². The van der Waals surface area contributed by atoms with Gasteiger partial charge in [-0.2, -0.15) is 5.48 Å². The van der Waals surface area contributed by atoms with Gasteiger partial charge in [-0.3, -0.25) is 19.4 Å². The monoisotopic (exact) mass is 598 g/mol. The van der Waals surface area contributed by atoms with Crippen LogP contribution >= 0.6 is 23.2 Å². The highest BCUT2D eigenvalue weighted by Crippen LogP contribution is 2.48. The summed E-state index contributed by atoms with van der Waals surface area (Å²) in [4.78, 5) is 38.2. The fraction of sp³-hybridized carbons (Fsp3) is 0.367. The minimum absolute atomic E-state index is 0.110. The first-order valence-electron chi connectivity index (χ1n) is 13.6. The Morgan fingerprint density at radius 3 is 2.61 bits per heavy atom. The molecule has 5 rings (SSSR count). The average molecular weight is 600 g/mol. The molecule has 0 saturated heterocycles. The quantitative estimate of drug-likeness (QED) is 0.216. The van der Waals surface area contributed by atoms with Gasteiger partial charge in [0.15, 0.2) is 0 Å². The zero-order valence-electron chi connectivity index (χ0n) is 22.2. The van der Waals surface area contributed by atoms with Crippen molar-refractivity contribution in [3.8, 4) is 0 Å². The van der Waals surface area contributed by atoms with E-state index in [4.69, 9.17) is 28.0 Å². The molecular formula is C30H32Cl2N4O5. The van der Waals surface area contributed by atoms with Gasteiger partial charge in [0.25, 0.3) is 5.91 Å². The molecule has 2 aromatic carbocycles. The van der Waals surface area contributed by atoms with E-state index in [-0.39, 0.29) is 12.5 Å². The summed E-state index contributed by atoms with van der Waals surface area (Å²) in [6.07, 6.45) is 3.38. The molecule has 9 nitrogen and oxygen atoms in total. The van der Waals surface area contributed by atoms with Crippen molar-refractivity contribution < 1.29 is 24.6 Å². The number of aliphatic hydroxyl groups excluding tert-OH is 2. The Bertz CT molecular complexity index is 1380. The minimum atomic E-state index is -1.26. The largest absolute Gasteiger partial charge is 0.387 e. The second-order valence-electron chi connectivity index (χ2n) is 10.3. The smallest absolute Gasteiger partial charge is 0.255 e. The number of rotatable bonds is 9. The van der Waals surface area contributed by atoms with E-state index in [1.807, 2.05) is 24.3 Å². The lowest BCUT2D eigenvalue weighted by Gasteiger charge is -2.50. The number of hydrogen-bond acceptors (Lipinski definition) is 7. The van der Waals surface area contributed by atoms with Crippen LogP contribution in [0.2, 0.25) is 10.0 Å². The van der Waals surface area contributed by atoms with E-state index in [2.05, 4.69) is 15.8 Å². The highest BCUT2D eigenvalue weighted by molar-refractivity contribution is 6.35. The number of nitrogens with zero attached hydrogens (tertiary/aromatic N) is 2. The van der Waals surface area contributed by atoms with Crippen LogP contribution in [0.25, 0.3) is 0 Å². The number of aliphatic hydroxyl groups is 2. The molecule has 2 aliphatic rings. The SMILES string of the molecule is O=C(CO)N[C@H]1CCCC[C@@H]1N1C(=O)c2ccccc2[C@@H](C(O)NOCc2ccccn2)[C@@H]1c1ccc(Cl)cc1Cl. The molecular weight excluding hydrogens is 567 g/mol. The van der Waals surface area contributed by atoms with Crippen LogP contribution in [0.3, 0.4) is 0 Å². The number of hydrogen-bond donors (Lipinski definition) is 4. The highest BCUT2D eigenvalue weighted by Gasteiger charge is 2.49. The summed E-state index contributed by atoms with van der Waals surface area (Å²) in [5.74, 6) is -1.44. The molecule has 2 heterocycles. The normalized spacial score (nSPS) is 23.1. The third-order valence-corrected chi connectivity index (χ3v) is 8.34. The van der Waals surface area contributed by atoms with E-state index in [0.717, 1.165) is 12.8 Å². The summed E-state index contributed by atoms with van der Waals surface area (Å²) < 4.78 is 0. The van der Waals surface area contributed by atoms with Crippen LogP contribution in [-0.4, -0.2) is 56.8 Å². The van der Waals surface area contributed by atoms with Gasteiger partial charge in [-0.25, -0.2) is 0 Å². The van der Waals surface area contributed by atoms with E-state index < -0.39 is 42.8 Å². The first kappa shape index (κ1) is 29.4. The summed E-state index contributed by atoms with van der Waals surface area (Å²) in [7, 11) is 0. The molecule has 1 aliphatic carbocycles. The molecule has 11 heteroatoms. The molecule has 5 atom stereocenters. The van der Waals surface area contributed by atoms with Crippen LogP contribution in [0.4, 0.5) is 0 Å². The van der Waals surface area contributed by atoms with Crippen LogP contribution in [0.5, 0.6) is 0 Å². The van der Waals surface area contributed by atoms with Gasteiger partial charge in [0.1, 0.15) is 19.4 Å². The fourth-order valence-electron chi connectivity index (χ4n) is 6.00. The van der Waals surface area contributed by atoms with Gasteiger partial charge in [0.2, 0.25) is 5.91 Å². The van der Waals surface area contributed by atoms with Crippen molar-refractivity contribution in [3.63, 3.8) is 0 Å². The Morgan fingerprint density at radius 2 is 1.85 bits per heavy atom. The van der Waals surface area contributed by atoms with Crippen molar-refractivity contribution in [2.24, 2.45) is 0 Å². The number of amides is 2. The van der Waals surface area contributed by atoms with Gasteiger partial charge in [-0.1, -0.05) is 66.4 Å². The minimum Gasteiger partial charge on any atom is -0.387 e. The van der Waals surface area contributed by atoms with Crippen molar-refractivity contribution in [2.45, 2.75) is 62.6 Å². The Balaban J connectivity index is 1.58. The van der Waals surface area contributed by atoms with E-state index in [0.29, 0.717) is 45.3 Å². The fourth-order valence-corrected chi connectivity index (χ4v) is 6.52. The van der Waals surface area contributed by atoms with E-state index in [1.165, 1.54) is 0 Å². The molecule has 4 N–H and O–H groups in total. The van der Waals surface area contributed by atoms with E-state index in [9.17, 15) is 19.8 Å². The van der Waals surface area contributed by atoms with Crippen molar-refractivity contribution in [1.82, 2.24) is 20.7 Å². The van der Waals surface area contributed by atoms with E-state index in [1.54, 1.807) is 47.5 Å². The predicted molar refractivity (Wildman–Crippen MR) is 154 cm³/mol. The van der Waals surface area contributed by atoms with Crippen LogP contribution in [0, 0.1) is 0 Å². The van der Waals surface area contributed by atoms with Gasteiger partial charge in [-0.15, -0.1) is 0 Å². The van der Waals surface area contributed by atoms with Crippen molar-refractivity contribution >= 4 is 35.0 Å². The number of pyridine rings is 1. The maximum atomic E-state index is 14.3. The van der Waals surface area contributed by atoms with Crippen LogP contribution in [-0.2, 0) is 16.2 Å². The molecule has 216 valence electrons. The van der Waals surface area contributed by atoms with Crippen LogP contribution in [0.15, 0.2) is 66.9 Å². The maximum Gasteiger partial charge on any atom is 0.255 e. The molecule has 0 radical (unpaired) electrons. The van der Waals surface area contributed by atoms with Gasteiger partial charge in [-0.05, 0) is 54.3 Å².